The number of hydrogen-bond donors (Lipinski definition) is 1. The van der Waals surface area contributed by atoms with Crippen LogP contribution in [0.4, 0.5) is 10.2 Å². The highest BCUT2D eigenvalue weighted by atomic mass is 32.1. The van der Waals surface area contributed by atoms with Gasteiger partial charge in [0, 0.05) is 43.2 Å². The third kappa shape index (κ3) is 5.26. The molecule has 0 bridgehead atoms. The van der Waals surface area contributed by atoms with Crippen molar-refractivity contribution in [1.82, 2.24) is 24.7 Å². The van der Waals surface area contributed by atoms with Crippen LogP contribution in [0.5, 0.6) is 17.2 Å². The first-order valence-electron chi connectivity index (χ1n) is 13.0. The van der Waals surface area contributed by atoms with Crippen molar-refractivity contribution in [3.63, 3.8) is 0 Å². The maximum Gasteiger partial charge on any atom is 0.164 e. The molecule has 2 N–H and O–H groups in total. The SMILES string of the molecule is BC(B)(Oc1cc(F)cc(Oc2ccc(-c3nn(C4CCOCC4)c4ncnc(N)c34)cc2)c1)c1cnc(C)s1. The van der Waals surface area contributed by atoms with Crippen molar-refractivity contribution in [3.05, 3.63) is 70.7 Å². The molecule has 0 amide bonds. The molecule has 6 rings (SSSR count). The van der Waals surface area contributed by atoms with Crippen molar-refractivity contribution in [2.24, 2.45) is 0 Å². The molecule has 1 fully saturated rings. The fourth-order valence-corrected chi connectivity index (χ4v) is 5.65. The zero-order chi connectivity index (χ0) is 27.9. The minimum Gasteiger partial charge on any atom is -0.500 e. The Morgan fingerprint density at radius 1 is 1.05 bits per heavy atom. The van der Waals surface area contributed by atoms with E-state index in [0.29, 0.717) is 53.0 Å². The molecule has 202 valence electrons. The highest BCUT2D eigenvalue weighted by molar-refractivity contribution is 7.12. The number of anilines is 1. The van der Waals surface area contributed by atoms with Gasteiger partial charge in [0.25, 0.3) is 0 Å². The van der Waals surface area contributed by atoms with Gasteiger partial charge in [0.15, 0.2) is 21.3 Å². The van der Waals surface area contributed by atoms with Crippen molar-refractivity contribution >= 4 is 43.9 Å². The Morgan fingerprint density at radius 2 is 1.80 bits per heavy atom. The molecule has 2 aromatic carbocycles. The van der Waals surface area contributed by atoms with Crippen LogP contribution in [-0.2, 0) is 10.1 Å². The van der Waals surface area contributed by atoms with Crippen LogP contribution in [0.25, 0.3) is 22.3 Å². The minimum atomic E-state index is -0.680. The van der Waals surface area contributed by atoms with Crippen LogP contribution in [0.1, 0.15) is 28.8 Å². The fraction of sp³-hybridized carbons (Fsp3) is 0.259. The van der Waals surface area contributed by atoms with E-state index in [1.54, 1.807) is 23.6 Å². The number of hydrogen-bond acceptors (Lipinski definition) is 9. The third-order valence-corrected chi connectivity index (χ3v) is 8.07. The molecule has 13 heteroatoms. The van der Waals surface area contributed by atoms with E-state index in [2.05, 4.69) is 15.0 Å². The van der Waals surface area contributed by atoms with Gasteiger partial charge < -0.3 is 19.9 Å². The maximum atomic E-state index is 14.5. The molecule has 1 aliphatic heterocycles. The van der Waals surface area contributed by atoms with Crippen LogP contribution in [0.15, 0.2) is 55.0 Å². The van der Waals surface area contributed by atoms with E-state index in [1.165, 1.54) is 18.5 Å². The summed E-state index contributed by atoms with van der Waals surface area (Å²) in [4.78, 5) is 13.9. The molecule has 40 heavy (non-hydrogen) atoms. The number of thiazole rings is 1. The zero-order valence-electron chi connectivity index (χ0n) is 22.4. The summed E-state index contributed by atoms with van der Waals surface area (Å²) in [5, 5.41) is 5.89. The highest BCUT2D eigenvalue weighted by Gasteiger charge is 2.26. The molecular formula is C27H27B2FN6O3S. The van der Waals surface area contributed by atoms with Gasteiger partial charge >= 0.3 is 0 Å². The normalized spacial score (nSPS) is 14.4. The summed E-state index contributed by atoms with van der Waals surface area (Å²) in [5.41, 5.74) is 8.53. The molecule has 0 spiro atoms. The number of aryl methyl sites for hydroxylation is 1. The van der Waals surface area contributed by atoms with Gasteiger partial charge in [-0.1, -0.05) is 0 Å². The Hall–Kier alpha value is -3.96. The van der Waals surface area contributed by atoms with Gasteiger partial charge in [-0.05, 0) is 44.0 Å². The van der Waals surface area contributed by atoms with E-state index in [4.69, 9.17) is 25.0 Å². The number of halogens is 1. The summed E-state index contributed by atoms with van der Waals surface area (Å²) in [6.45, 7) is 3.30. The Morgan fingerprint density at radius 3 is 2.52 bits per heavy atom. The quantitative estimate of drug-likeness (QED) is 0.303. The van der Waals surface area contributed by atoms with Gasteiger partial charge in [0.1, 0.15) is 40.9 Å². The average molecular weight is 556 g/mol. The van der Waals surface area contributed by atoms with E-state index < -0.39 is 11.2 Å². The second kappa shape index (κ2) is 10.5. The van der Waals surface area contributed by atoms with Crippen molar-refractivity contribution in [3.8, 4) is 28.5 Å². The molecule has 1 aliphatic rings. The summed E-state index contributed by atoms with van der Waals surface area (Å²) in [5.74, 6) is 1.15. The molecule has 4 heterocycles. The summed E-state index contributed by atoms with van der Waals surface area (Å²) < 4.78 is 34.2. The Labute approximate surface area is 236 Å². The molecular weight excluding hydrogens is 529 g/mol. The number of benzene rings is 2. The van der Waals surface area contributed by atoms with E-state index in [-0.39, 0.29) is 6.04 Å². The van der Waals surface area contributed by atoms with Gasteiger partial charge in [0.05, 0.1) is 26.7 Å². The van der Waals surface area contributed by atoms with Crippen LogP contribution in [-0.4, -0.2) is 53.6 Å². The van der Waals surface area contributed by atoms with Crippen molar-refractivity contribution < 1.29 is 18.6 Å². The molecule has 0 unspecified atom stereocenters. The molecule has 9 nitrogen and oxygen atoms in total. The first-order chi connectivity index (χ1) is 19.3. The standard InChI is InChI=1S/C27H27B2FN6O3S/c1-15-32-13-22(40-15)27(28,29)39-21-11-17(30)10-20(12-21)38-19-4-2-16(3-5-19)24-23-25(31)33-14-34-26(23)36(35-24)18-6-8-37-9-7-18/h2-5,10-14,18H,6-9,28-29H2,1H3,(H2,31,33,34). The summed E-state index contributed by atoms with van der Waals surface area (Å²) in [7, 11) is 3.85. The average Bonchev–Trinajstić information content (AvgIpc) is 3.54. The molecule has 5 aromatic rings. The number of rotatable bonds is 7. The number of nitrogen functional groups attached to an aromatic ring is 1. The van der Waals surface area contributed by atoms with Crippen molar-refractivity contribution in [2.45, 2.75) is 31.2 Å². The number of aromatic nitrogens is 5. The van der Waals surface area contributed by atoms with E-state index >= 15 is 0 Å². The third-order valence-electron chi connectivity index (χ3n) is 6.85. The lowest BCUT2D eigenvalue weighted by Gasteiger charge is -2.26. The molecule has 3 aromatic heterocycles. The largest absolute Gasteiger partial charge is 0.500 e. The van der Waals surface area contributed by atoms with E-state index in [1.807, 2.05) is 51.6 Å². The molecule has 0 atom stereocenters. The zero-order valence-corrected chi connectivity index (χ0v) is 23.2. The fourth-order valence-electron chi connectivity index (χ4n) is 4.84. The monoisotopic (exact) mass is 556 g/mol. The summed E-state index contributed by atoms with van der Waals surface area (Å²) in [6, 6.07) is 11.9. The number of nitrogens with zero attached hydrogens (tertiary/aromatic N) is 5. The predicted octanol–water partition coefficient (Wildman–Crippen LogP) is 3.58. The number of fused-ring (bicyclic) bond motifs is 1. The number of ether oxygens (including phenoxy) is 3. The summed E-state index contributed by atoms with van der Waals surface area (Å²) >= 11 is 1.55. The van der Waals surface area contributed by atoms with Gasteiger partial charge in [-0.25, -0.2) is 24.0 Å². The van der Waals surface area contributed by atoms with Crippen LogP contribution >= 0.6 is 11.3 Å². The van der Waals surface area contributed by atoms with Crippen LogP contribution in [0.2, 0.25) is 0 Å². The highest BCUT2D eigenvalue weighted by Crippen LogP contribution is 2.36. The van der Waals surface area contributed by atoms with Crippen molar-refractivity contribution in [1.29, 1.82) is 0 Å². The topological polar surface area (TPSA) is 110 Å². The first-order valence-corrected chi connectivity index (χ1v) is 13.9. The lowest BCUT2D eigenvalue weighted by Crippen LogP contribution is -2.33. The van der Waals surface area contributed by atoms with Gasteiger partial charge in [-0.3, -0.25) is 0 Å². The van der Waals surface area contributed by atoms with Crippen LogP contribution in [0, 0.1) is 12.7 Å². The predicted molar refractivity (Wildman–Crippen MR) is 157 cm³/mol. The first kappa shape index (κ1) is 26.3. The van der Waals surface area contributed by atoms with Gasteiger partial charge in [-0.15, -0.1) is 11.3 Å². The second-order valence-corrected chi connectivity index (χ2v) is 11.4. The van der Waals surface area contributed by atoms with Gasteiger partial charge in [-0.2, -0.15) is 5.10 Å². The van der Waals surface area contributed by atoms with E-state index in [9.17, 15) is 4.39 Å². The van der Waals surface area contributed by atoms with E-state index in [0.717, 1.165) is 28.3 Å². The van der Waals surface area contributed by atoms with Crippen molar-refractivity contribution in [2.75, 3.05) is 18.9 Å². The Kier molecular flexibility index (Phi) is 6.93. The lowest BCUT2D eigenvalue weighted by molar-refractivity contribution is 0.0674. The molecule has 0 radical (unpaired) electrons. The maximum absolute atomic E-state index is 14.5. The summed E-state index contributed by atoms with van der Waals surface area (Å²) in [6.07, 6.45) is 4.96. The lowest BCUT2D eigenvalue weighted by atomic mass is 9.64. The minimum absolute atomic E-state index is 0.177. The second-order valence-electron chi connectivity index (χ2n) is 10.2. The Balaban J connectivity index is 1.25. The number of nitrogens with two attached hydrogens (primary N) is 1. The molecule has 0 saturated carbocycles. The molecule has 1 saturated heterocycles. The van der Waals surface area contributed by atoms with Crippen LogP contribution in [0.3, 0.4) is 0 Å². The van der Waals surface area contributed by atoms with Crippen LogP contribution < -0.4 is 15.2 Å². The Bertz CT molecular complexity index is 1670. The van der Waals surface area contributed by atoms with Gasteiger partial charge in [0.2, 0.25) is 0 Å². The molecule has 0 aliphatic carbocycles. The smallest absolute Gasteiger partial charge is 0.164 e.